The molecule has 1 saturated carbocycles. The molecule has 1 aliphatic rings. The Kier molecular flexibility index (Phi) is 9.61. The van der Waals surface area contributed by atoms with Gasteiger partial charge in [0.05, 0.1) is 18.7 Å². The first-order valence-corrected chi connectivity index (χ1v) is 10.8. The molecular formula is C21H27N7OS. The summed E-state index contributed by atoms with van der Waals surface area (Å²) in [7, 11) is 0. The smallest absolute Gasteiger partial charge is 0.218 e. The maximum atomic E-state index is 8.25. The Hall–Kier alpha value is -3.12. The van der Waals surface area contributed by atoms with Crippen molar-refractivity contribution >= 4 is 17.2 Å². The fourth-order valence-corrected chi connectivity index (χ4v) is 2.85. The number of rotatable bonds is 6. The molecule has 9 heteroatoms. The summed E-state index contributed by atoms with van der Waals surface area (Å²) in [6.45, 7) is 9.18. The summed E-state index contributed by atoms with van der Waals surface area (Å²) < 4.78 is 5.69. The van der Waals surface area contributed by atoms with E-state index in [1.807, 2.05) is 39.8 Å². The maximum Gasteiger partial charge on any atom is 0.218 e. The van der Waals surface area contributed by atoms with Crippen LogP contribution < -0.4 is 10.1 Å². The molecule has 158 valence electrons. The highest BCUT2D eigenvalue weighted by Gasteiger charge is 2.22. The highest BCUT2D eigenvalue weighted by atomic mass is 32.1. The van der Waals surface area contributed by atoms with Gasteiger partial charge in [0.1, 0.15) is 27.7 Å². The third kappa shape index (κ3) is 8.49. The summed E-state index contributed by atoms with van der Waals surface area (Å²) in [5.41, 5.74) is 0.604. The van der Waals surface area contributed by atoms with E-state index in [9.17, 15) is 0 Å². The molecule has 3 aromatic rings. The Morgan fingerprint density at radius 3 is 2.60 bits per heavy atom. The van der Waals surface area contributed by atoms with Gasteiger partial charge in [0.2, 0.25) is 5.88 Å². The largest absolute Gasteiger partial charge is 0.477 e. The zero-order valence-electron chi connectivity index (χ0n) is 17.8. The van der Waals surface area contributed by atoms with Crippen molar-refractivity contribution in [1.29, 1.82) is 5.26 Å². The lowest BCUT2D eigenvalue weighted by atomic mass is 10.3. The molecule has 30 heavy (non-hydrogen) atoms. The quantitative estimate of drug-likeness (QED) is 0.621. The monoisotopic (exact) mass is 425 g/mol. The first-order valence-electron chi connectivity index (χ1n) is 9.94. The minimum absolute atomic E-state index is 0.604. The SMILES string of the molecule is CC.Cc1nc(NCc2nnc(C)s2)cc(OCC2CC2)n1.N#Cc1cccnc1. The van der Waals surface area contributed by atoms with Gasteiger partial charge in [-0.25, -0.2) is 4.98 Å². The predicted octanol–water partition coefficient (Wildman–Crippen LogP) is 4.33. The van der Waals surface area contributed by atoms with E-state index in [1.165, 1.54) is 19.0 Å². The first kappa shape index (κ1) is 23.2. The van der Waals surface area contributed by atoms with Gasteiger partial charge in [0.15, 0.2) is 0 Å². The van der Waals surface area contributed by atoms with Crippen LogP contribution in [0.1, 0.15) is 48.1 Å². The van der Waals surface area contributed by atoms with Crippen LogP contribution >= 0.6 is 11.3 Å². The number of hydrogen-bond acceptors (Lipinski definition) is 9. The molecule has 0 atom stereocenters. The molecular weight excluding hydrogens is 398 g/mol. The molecule has 1 aliphatic carbocycles. The molecule has 0 saturated heterocycles. The van der Waals surface area contributed by atoms with Gasteiger partial charge in [0.25, 0.3) is 0 Å². The molecule has 0 aliphatic heterocycles. The Balaban J connectivity index is 0.000000269. The third-order valence-electron chi connectivity index (χ3n) is 3.76. The van der Waals surface area contributed by atoms with Gasteiger partial charge in [0, 0.05) is 18.5 Å². The van der Waals surface area contributed by atoms with E-state index in [4.69, 9.17) is 10.00 Å². The van der Waals surface area contributed by atoms with E-state index in [2.05, 4.69) is 30.5 Å². The summed E-state index contributed by atoms with van der Waals surface area (Å²) in [6, 6.07) is 7.25. The highest BCUT2D eigenvalue weighted by Crippen LogP contribution is 2.29. The number of hydrogen-bond donors (Lipinski definition) is 1. The average molecular weight is 426 g/mol. The number of nitriles is 1. The summed E-state index contributed by atoms with van der Waals surface area (Å²) in [5, 5.41) is 21.5. The van der Waals surface area contributed by atoms with Gasteiger partial charge in [-0.05, 0) is 44.7 Å². The van der Waals surface area contributed by atoms with Crippen molar-refractivity contribution in [1.82, 2.24) is 25.1 Å². The highest BCUT2D eigenvalue weighted by molar-refractivity contribution is 7.11. The molecule has 0 radical (unpaired) electrons. The van der Waals surface area contributed by atoms with Gasteiger partial charge in [-0.2, -0.15) is 10.2 Å². The summed E-state index contributed by atoms with van der Waals surface area (Å²) >= 11 is 1.58. The van der Waals surface area contributed by atoms with Crippen LogP contribution in [-0.4, -0.2) is 31.8 Å². The predicted molar refractivity (Wildman–Crippen MR) is 117 cm³/mol. The Morgan fingerprint density at radius 1 is 1.23 bits per heavy atom. The Bertz CT molecular complexity index is 936. The van der Waals surface area contributed by atoms with E-state index in [0.29, 0.717) is 29.7 Å². The number of aryl methyl sites for hydroxylation is 2. The number of pyridine rings is 1. The molecule has 3 heterocycles. The standard InChI is InChI=1S/C13H17N5OS.C6H4N2.C2H6/c1-8-15-11(14-6-13-18-17-9(2)20-13)5-12(16-8)19-7-10-3-4-10;7-4-6-2-1-3-8-5-6;1-2/h5,10H,3-4,6-7H2,1-2H3,(H,14,15,16);1-3,5H;1-2H3. The lowest BCUT2D eigenvalue weighted by Gasteiger charge is -2.08. The van der Waals surface area contributed by atoms with Crippen molar-refractivity contribution in [2.24, 2.45) is 5.92 Å². The molecule has 0 spiro atoms. The fraction of sp³-hybridized carbons (Fsp3) is 0.429. The molecule has 4 rings (SSSR count). The molecule has 3 aromatic heterocycles. The van der Waals surface area contributed by atoms with Gasteiger partial charge in [-0.3, -0.25) is 4.98 Å². The summed E-state index contributed by atoms with van der Waals surface area (Å²) in [4.78, 5) is 12.4. The number of nitrogens with one attached hydrogen (secondary N) is 1. The van der Waals surface area contributed by atoms with Gasteiger partial charge >= 0.3 is 0 Å². The molecule has 0 bridgehead atoms. The second-order valence-corrected chi connectivity index (χ2v) is 7.58. The lowest BCUT2D eigenvalue weighted by molar-refractivity contribution is 0.287. The van der Waals surface area contributed by atoms with Crippen LogP contribution in [0.2, 0.25) is 0 Å². The first-order chi connectivity index (χ1) is 14.6. The number of aromatic nitrogens is 5. The average Bonchev–Trinajstić information content (AvgIpc) is 3.52. The second kappa shape index (κ2) is 12.4. The van der Waals surface area contributed by atoms with Crippen LogP contribution in [-0.2, 0) is 6.54 Å². The summed E-state index contributed by atoms with van der Waals surface area (Å²) in [5.74, 6) is 2.82. The molecule has 1 N–H and O–H groups in total. The normalized spacial score (nSPS) is 11.8. The van der Waals surface area contributed by atoms with Crippen molar-refractivity contribution in [3.63, 3.8) is 0 Å². The number of nitrogens with zero attached hydrogens (tertiary/aromatic N) is 6. The molecule has 0 unspecified atom stereocenters. The van der Waals surface area contributed by atoms with Crippen molar-refractivity contribution in [3.05, 3.63) is 52.0 Å². The zero-order chi connectivity index (χ0) is 21.8. The topological polar surface area (TPSA) is 110 Å². The second-order valence-electron chi connectivity index (χ2n) is 6.31. The minimum Gasteiger partial charge on any atom is -0.477 e. The van der Waals surface area contributed by atoms with E-state index in [0.717, 1.165) is 22.4 Å². The van der Waals surface area contributed by atoms with E-state index in [-0.39, 0.29) is 0 Å². The van der Waals surface area contributed by atoms with Crippen LogP contribution in [0.15, 0.2) is 30.6 Å². The van der Waals surface area contributed by atoms with E-state index < -0.39 is 0 Å². The number of anilines is 1. The van der Waals surface area contributed by atoms with Crippen molar-refractivity contribution in [3.8, 4) is 11.9 Å². The molecule has 1 fully saturated rings. The van der Waals surface area contributed by atoms with Gasteiger partial charge in [-0.1, -0.05) is 25.2 Å². The lowest BCUT2D eigenvalue weighted by Crippen LogP contribution is -2.06. The number of ether oxygens (including phenoxy) is 1. The van der Waals surface area contributed by atoms with Crippen molar-refractivity contribution < 1.29 is 4.74 Å². The molecule has 8 nitrogen and oxygen atoms in total. The maximum absolute atomic E-state index is 8.25. The van der Waals surface area contributed by atoms with E-state index >= 15 is 0 Å². The van der Waals surface area contributed by atoms with Crippen LogP contribution in [0, 0.1) is 31.1 Å². The summed E-state index contributed by atoms with van der Waals surface area (Å²) in [6.07, 6.45) is 5.71. The van der Waals surface area contributed by atoms with Crippen LogP contribution in [0.5, 0.6) is 5.88 Å². The van der Waals surface area contributed by atoms with Crippen molar-refractivity contribution in [2.75, 3.05) is 11.9 Å². The van der Waals surface area contributed by atoms with Gasteiger partial charge in [-0.15, -0.1) is 10.2 Å². The molecule has 0 amide bonds. The zero-order valence-corrected chi connectivity index (χ0v) is 18.6. The van der Waals surface area contributed by atoms with Crippen molar-refractivity contribution in [2.45, 2.75) is 47.1 Å². The minimum atomic E-state index is 0.604. The van der Waals surface area contributed by atoms with Gasteiger partial charge < -0.3 is 10.1 Å². The fourth-order valence-electron chi connectivity index (χ4n) is 2.20. The molecule has 0 aromatic carbocycles. The third-order valence-corrected chi connectivity index (χ3v) is 4.60. The van der Waals surface area contributed by atoms with Crippen LogP contribution in [0.3, 0.4) is 0 Å². The van der Waals surface area contributed by atoms with E-state index in [1.54, 1.807) is 29.7 Å². The Morgan fingerprint density at radius 2 is 2.03 bits per heavy atom. The van der Waals surface area contributed by atoms with Crippen LogP contribution in [0.25, 0.3) is 0 Å². The van der Waals surface area contributed by atoms with Crippen LogP contribution in [0.4, 0.5) is 5.82 Å². The Labute approximate surface area is 181 Å².